The molecule has 0 aromatic heterocycles. The van der Waals surface area contributed by atoms with Crippen LogP contribution in [-0.2, 0) is 0 Å². The summed E-state index contributed by atoms with van der Waals surface area (Å²) in [6.07, 6.45) is 1.43. The van der Waals surface area contributed by atoms with Crippen molar-refractivity contribution in [2.24, 2.45) is 0 Å². The van der Waals surface area contributed by atoms with E-state index in [1.165, 1.54) is 6.42 Å². The van der Waals surface area contributed by atoms with Gasteiger partial charge in [-0.1, -0.05) is 6.07 Å². The first-order valence-electron chi connectivity index (χ1n) is 3.76. The minimum absolute atomic E-state index is 0.640. The summed E-state index contributed by atoms with van der Waals surface area (Å²) < 4.78 is 10.1. The molecule has 13 heavy (non-hydrogen) atoms. The van der Waals surface area contributed by atoms with Crippen LogP contribution in [0, 0.1) is 17.8 Å². The topological polar surface area (TPSA) is 42.2 Å². The summed E-state index contributed by atoms with van der Waals surface area (Å²) in [5, 5.41) is 8.47. The quantitative estimate of drug-likeness (QED) is 0.705. The van der Waals surface area contributed by atoms with Gasteiger partial charge in [-0.05, 0) is 6.07 Å². The van der Waals surface area contributed by atoms with Crippen molar-refractivity contribution in [2.75, 3.05) is 14.2 Å². The Bertz CT molecular complexity index is 328. The van der Waals surface area contributed by atoms with Gasteiger partial charge in [0.1, 0.15) is 11.5 Å². The van der Waals surface area contributed by atoms with E-state index < -0.39 is 0 Å². The second kappa shape index (κ2) is 4.36. The lowest BCUT2D eigenvalue weighted by Crippen LogP contribution is -1.91. The molecule has 1 aromatic carbocycles. The Labute approximate surface area is 77.5 Å². The molecule has 0 aliphatic rings. The SMILES string of the molecule is COc1ccc([CH]C#N)c(OC)c1. The van der Waals surface area contributed by atoms with Crippen molar-refractivity contribution in [1.82, 2.24) is 0 Å². The maximum atomic E-state index is 8.47. The van der Waals surface area contributed by atoms with Gasteiger partial charge in [0.2, 0.25) is 0 Å². The Morgan fingerprint density at radius 2 is 2.08 bits per heavy atom. The van der Waals surface area contributed by atoms with Crippen molar-refractivity contribution in [2.45, 2.75) is 0 Å². The first-order chi connectivity index (χ1) is 6.31. The fraction of sp³-hybridized carbons (Fsp3) is 0.200. The molecule has 0 spiro atoms. The second-order valence-electron chi connectivity index (χ2n) is 2.38. The van der Waals surface area contributed by atoms with Crippen LogP contribution in [0.1, 0.15) is 5.56 Å². The Balaban J connectivity index is 3.02. The van der Waals surface area contributed by atoms with Gasteiger partial charge in [-0.3, -0.25) is 0 Å². The minimum atomic E-state index is 0.640. The molecule has 0 saturated carbocycles. The number of hydrogen-bond acceptors (Lipinski definition) is 3. The summed E-state index contributed by atoms with van der Waals surface area (Å²) in [4.78, 5) is 0. The normalized spacial score (nSPS) is 9.00. The van der Waals surface area contributed by atoms with Crippen LogP contribution in [0.5, 0.6) is 11.5 Å². The van der Waals surface area contributed by atoms with Gasteiger partial charge < -0.3 is 9.47 Å². The van der Waals surface area contributed by atoms with Crippen molar-refractivity contribution in [3.63, 3.8) is 0 Å². The number of nitrogens with zero attached hydrogens (tertiary/aromatic N) is 1. The van der Waals surface area contributed by atoms with Crippen LogP contribution in [0.15, 0.2) is 18.2 Å². The predicted octanol–water partition coefficient (Wildman–Crippen LogP) is 1.78. The highest BCUT2D eigenvalue weighted by molar-refractivity contribution is 5.46. The maximum Gasteiger partial charge on any atom is 0.127 e. The summed E-state index contributed by atoms with van der Waals surface area (Å²) in [6.45, 7) is 0. The average Bonchev–Trinajstić information content (AvgIpc) is 2.19. The first-order valence-corrected chi connectivity index (χ1v) is 3.76. The smallest absolute Gasteiger partial charge is 0.127 e. The molecule has 0 fully saturated rings. The zero-order chi connectivity index (χ0) is 9.68. The molecule has 0 atom stereocenters. The Morgan fingerprint density at radius 3 is 2.62 bits per heavy atom. The number of benzene rings is 1. The Hall–Kier alpha value is -1.69. The third-order valence-corrected chi connectivity index (χ3v) is 1.66. The minimum Gasteiger partial charge on any atom is -0.497 e. The summed E-state index contributed by atoms with van der Waals surface area (Å²) >= 11 is 0. The van der Waals surface area contributed by atoms with Crippen LogP contribution in [0.2, 0.25) is 0 Å². The standard InChI is InChI=1S/C10H10NO2/c1-12-9-4-3-8(5-6-11)10(7-9)13-2/h3-5,7H,1-2H3. The molecule has 67 valence electrons. The third-order valence-electron chi connectivity index (χ3n) is 1.66. The van der Waals surface area contributed by atoms with E-state index in [1.807, 2.05) is 6.07 Å². The molecule has 1 radical (unpaired) electrons. The summed E-state index contributed by atoms with van der Waals surface area (Å²) in [5.41, 5.74) is 0.755. The van der Waals surface area contributed by atoms with Crippen LogP contribution >= 0.6 is 0 Å². The van der Waals surface area contributed by atoms with E-state index in [1.54, 1.807) is 32.4 Å². The molecule has 3 nitrogen and oxygen atoms in total. The van der Waals surface area contributed by atoms with E-state index in [0.717, 1.165) is 5.56 Å². The lowest BCUT2D eigenvalue weighted by molar-refractivity contribution is 0.393. The van der Waals surface area contributed by atoms with Crippen molar-refractivity contribution < 1.29 is 9.47 Å². The third kappa shape index (κ3) is 2.12. The van der Waals surface area contributed by atoms with E-state index in [0.29, 0.717) is 11.5 Å². The number of ether oxygens (including phenoxy) is 2. The second-order valence-corrected chi connectivity index (χ2v) is 2.38. The summed E-state index contributed by atoms with van der Waals surface area (Å²) in [6, 6.07) is 7.25. The van der Waals surface area contributed by atoms with Crippen LogP contribution in [-0.4, -0.2) is 14.2 Å². The van der Waals surface area contributed by atoms with Crippen LogP contribution in [0.3, 0.4) is 0 Å². The molecule has 0 unspecified atom stereocenters. The fourth-order valence-electron chi connectivity index (χ4n) is 1.01. The van der Waals surface area contributed by atoms with Gasteiger partial charge in [-0.25, -0.2) is 0 Å². The summed E-state index contributed by atoms with van der Waals surface area (Å²) in [7, 11) is 3.14. The lowest BCUT2D eigenvalue weighted by Gasteiger charge is -2.06. The molecule has 0 saturated heterocycles. The van der Waals surface area contributed by atoms with Gasteiger partial charge in [0.05, 0.1) is 26.7 Å². The van der Waals surface area contributed by atoms with Crippen molar-refractivity contribution in [1.29, 1.82) is 5.26 Å². The first kappa shape index (κ1) is 9.40. The van der Waals surface area contributed by atoms with Gasteiger partial charge in [0.15, 0.2) is 0 Å². The molecular weight excluding hydrogens is 166 g/mol. The highest BCUT2D eigenvalue weighted by Gasteiger charge is 2.03. The zero-order valence-corrected chi connectivity index (χ0v) is 7.57. The number of rotatable bonds is 3. The molecule has 0 heterocycles. The van der Waals surface area contributed by atoms with E-state index in [9.17, 15) is 0 Å². The monoisotopic (exact) mass is 176 g/mol. The van der Waals surface area contributed by atoms with Gasteiger partial charge in [0, 0.05) is 11.6 Å². The molecular formula is C10H10NO2. The Kier molecular flexibility index (Phi) is 3.15. The molecule has 1 rings (SSSR count). The largest absolute Gasteiger partial charge is 0.497 e. The van der Waals surface area contributed by atoms with Gasteiger partial charge in [-0.15, -0.1) is 0 Å². The highest BCUT2D eigenvalue weighted by Crippen LogP contribution is 2.25. The predicted molar refractivity (Wildman–Crippen MR) is 48.6 cm³/mol. The molecule has 3 heteroatoms. The molecule has 1 aromatic rings. The van der Waals surface area contributed by atoms with Crippen LogP contribution in [0.25, 0.3) is 0 Å². The van der Waals surface area contributed by atoms with E-state index in [-0.39, 0.29) is 0 Å². The molecule has 0 N–H and O–H groups in total. The van der Waals surface area contributed by atoms with Crippen LogP contribution < -0.4 is 9.47 Å². The van der Waals surface area contributed by atoms with Gasteiger partial charge >= 0.3 is 0 Å². The number of methoxy groups -OCH3 is 2. The fourth-order valence-corrected chi connectivity index (χ4v) is 1.01. The van der Waals surface area contributed by atoms with Crippen molar-refractivity contribution >= 4 is 0 Å². The van der Waals surface area contributed by atoms with E-state index in [4.69, 9.17) is 14.7 Å². The van der Waals surface area contributed by atoms with Crippen LogP contribution in [0.4, 0.5) is 0 Å². The van der Waals surface area contributed by atoms with Gasteiger partial charge in [0.25, 0.3) is 0 Å². The maximum absolute atomic E-state index is 8.47. The lowest BCUT2D eigenvalue weighted by atomic mass is 10.1. The zero-order valence-electron chi connectivity index (χ0n) is 7.57. The Morgan fingerprint density at radius 1 is 1.31 bits per heavy atom. The highest BCUT2D eigenvalue weighted by atomic mass is 16.5. The molecule has 0 bridgehead atoms. The number of hydrogen-bond donors (Lipinski definition) is 0. The molecule has 0 amide bonds. The van der Waals surface area contributed by atoms with E-state index >= 15 is 0 Å². The van der Waals surface area contributed by atoms with Gasteiger partial charge in [-0.2, -0.15) is 5.26 Å². The molecule has 0 aliphatic carbocycles. The average molecular weight is 176 g/mol. The summed E-state index contributed by atoms with van der Waals surface area (Å²) in [5.74, 6) is 1.35. The molecule has 0 aliphatic heterocycles. The van der Waals surface area contributed by atoms with E-state index in [2.05, 4.69) is 0 Å². The number of nitriles is 1. The van der Waals surface area contributed by atoms with Crippen molar-refractivity contribution in [3.05, 3.63) is 30.2 Å². The van der Waals surface area contributed by atoms with Crippen molar-refractivity contribution in [3.8, 4) is 17.6 Å².